The highest BCUT2D eigenvalue weighted by Crippen LogP contribution is 2.20. The van der Waals surface area contributed by atoms with E-state index in [2.05, 4.69) is 0 Å². The standard InChI is InChI=1S/C14H17F2NO4/c1-13(2,3)21-12(20)14(17,11(18)19)7-8-4-5-9(15)6-10(8)16/h4-6H,7,17H2,1-3H3,(H,18,19)/t14-/m1/s1. The summed E-state index contributed by atoms with van der Waals surface area (Å²) in [6.07, 6.45) is -0.649. The lowest BCUT2D eigenvalue weighted by atomic mass is 9.91. The molecule has 1 aromatic carbocycles. The van der Waals surface area contributed by atoms with Gasteiger partial charge in [-0.05, 0) is 32.4 Å². The largest absolute Gasteiger partial charge is 0.479 e. The Morgan fingerprint density at radius 2 is 1.86 bits per heavy atom. The Balaban J connectivity index is 3.11. The highest BCUT2D eigenvalue weighted by atomic mass is 19.1. The van der Waals surface area contributed by atoms with Crippen LogP contribution in [0.1, 0.15) is 26.3 Å². The van der Waals surface area contributed by atoms with Crippen molar-refractivity contribution in [3.63, 3.8) is 0 Å². The minimum Gasteiger partial charge on any atom is -0.479 e. The van der Waals surface area contributed by atoms with Crippen LogP contribution in [0.3, 0.4) is 0 Å². The van der Waals surface area contributed by atoms with E-state index in [1.54, 1.807) is 20.8 Å². The first-order valence-electron chi connectivity index (χ1n) is 6.15. The van der Waals surface area contributed by atoms with Gasteiger partial charge in [0, 0.05) is 12.5 Å². The number of carboxylic acids is 1. The van der Waals surface area contributed by atoms with Gasteiger partial charge >= 0.3 is 11.9 Å². The van der Waals surface area contributed by atoms with Crippen molar-refractivity contribution < 1.29 is 28.2 Å². The number of carboxylic acid groups (broad SMARTS) is 1. The van der Waals surface area contributed by atoms with Gasteiger partial charge in [0.25, 0.3) is 0 Å². The highest BCUT2D eigenvalue weighted by Gasteiger charge is 2.46. The third-order valence-electron chi connectivity index (χ3n) is 2.63. The van der Waals surface area contributed by atoms with E-state index in [0.29, 0.717) is 6.07 Å². The van der Waals surface area contributed by atoms with Crippen LogP contribution in [0.5, 0.6) is 0 Å². The van der Waals surface area contributed by atoms with Crippen molar-refractivity contribution in [1.82, 2.24) is 0 Å². The van der Waals surface area contributed by atoms with Crippen molar-refractivity contribution in [3.05, 3.63) is 35.4 Å². The first-order valence-corrected chi connectivity index (χ1v) is 6.15. The predicted octanol–water partition coefficient (Wildman–Crippen LogP) is 1.63. The number of carbonyl (C=O) groups is 2. The molecule has 1 atom stereocenters. The molecule has 3 N–H and O–H groups in total. The van der Waals surface area contributed by atoms with Crippen molar-refractivity contribution in [2.75, 3.05) is 0 Å². The smallest absolute Gasteiger partial charge is 0.338 e. The fourth-order valence-electron chi connectivity index (χ4n) is 1.57. The molecule has 0 bridgehead atoms. The molecular formula is C14H17F2NO4. The van der Waals surface area contributed by atoms with Crippen LogP contribution in [0.15, 0.2) is 18.2 Å². The Morgan fingerprint density at radius 1 is 1.29 bits per heavy atom. The lowest BCUT2D eigenvalue weighted by molar-refractivity contribution is -0.169. The number of rotatable bonds is 4. The van der Waals surface area contributed by atoms with Crippen molar-refractivity contribution in [2.24, 2.45) is 5.73 Å². The summed E-state index contributed by atoms with van der Waals surface area (Å²) < 4.78 is 31.4. The van der Waals surface area contributed by atoms with E-state index in [4.69, 9.17) is 10.5 Å². The maximum absolute atomic E-state index is 13.6. The number of nitrogens with two attached hydrogens (primary N) is 1. The number of aliphatic carboxylic acids is 1. The summed E-state index contributed by atoms with van der Waals surface area (Å²) >= 11 is 0. The second-order valence-electron chi connectivity index (χ2n) is 5.69. The van der Waals surface area contributed by atoms with Gasteiger partial charge < -0.3 is 15.6 Å². The van der Waals surface area contributed by atoms with Gasteiger partial charge in [0.05, 0.1) is 0 Å². The lowest BCUT2D eigenvalue weighted by Crippen LogP contribution is -2.58. The van der Waals surface area contributed by atoms with Crippen molar-refractivity contribution in [2.45, 2.75) is 38.3 Å². The molecule has 1 rings (SSSR count). The molecule has 0 saturated carbocycles. The van der Waals surface area contributed by atoms with Crippen LogP contribution in [0.2, 0.25) is 0 Å². The van der Waals surface area contributed by atoms with E-state index in [1.165, 1.54) is 0 Å². The van der Waals surface area contributed by atoms with Crippen LogP contribution in [0.25, 0.3) is 0 Å². The summed E-state index contributed by atoms with van der Waals surface area (Å²) in [5.74, 6) is -4.63. The second-order valence-corrected chi connectivity index (χ2v) is 5.69. The first-order chi connectivity index (χ1) is 9.45. The molecule has 116 valence electrons. The van der Waals surface area contributed by atoms with E-state index >= 15 is 0 Å². The van der Waals surface area contributed by atoms with Crippen LogP contribution in [0.4, 0.5) is 8.78 Å². The number of carbonyl (C=O) groups excluding carboxylic acids is 1. The summed E-state index contributed by atoms with van der Waals surface area (Å²) in [6, 6.07) is 2.59. The number of esters is 1. The number of halogens is 2. The fraction of sp³-hybridized carbons (Fsp3) is 0.429. The number of benzene rings is 1. The predicted molar refractivity (Wildman–Crippen MR) is 70.5 cm³/mol. The molecule has 0 amide bonds. The maximum Gasteiger partial charge on any atom is 0.338 e. The molecule has 5 nitrogen and oxygen atoms in total. The van der Waals surface area contributed by atoms with Crippen molar-refractivity contribution in [1.29, 1.82) is 0 Å². The van der Waals surface area contributed by atoms with E-state index < -0.39 is 41.1 Å². The zero-order valence-electron chi connectivity index (χ0n) is 11.9. The minimum atomic E-state index is -2.45. The molecule has 7 heteroatoms. The average Bonchev–Trinajstić information content (AvgIpc) is 2.30. The summed E-state index contributed by atoms with van der Waals surface area (Å²) in [5, 5.41) is 9.18. The van der Waals surface area contributed by atoms with Gasteiger partial charge in [-0.15, -0.1) is 0 Å². The Kier molecular flexibility index (Phi) is 4.68. The van der Waals surface area contributed by atoms with E-state index in [-0.39, 0.29) is 5.56 Å². The third kappa shape index (κ3) is 4.22. The van der Waals surface area contributed by atoms with Crippen LogP contribution in [-0.4, -0.2) is 28.2 Å². The van der Waals surface area contributed by atoms with Gasteiger partial charge in [0.2, 0.25) is 5.54 Å². The molecule has 0 aliphatic carbocycles. The molecular weight excluding hydrogens is 284 g/mol. The van der Waals surface area contributed by atoms with Crippen LogP contribution in [0, 0.1) is 11.6 Å². The quantitative estimate of drug-likeness (QED) is 0.651. The lowest BCUT2D eigenvalue weighted by Gasteiger charge is -2.28. The summed E-state index contributed by atoms with van der Waals surface area (Å²) in [4.78, 5) is 23.3. The Morgan fingerprint density at radius 3 is 2.29 bits per heavy atom. The zero-order valence-corrected chi connectivity index (χ0v) is 11.9. The number of hydrogen-bond donors (Lipinski definition) is 2. The van der Waals surface area contributed by atoms with Gasteiger partial charge in [-0.3, -0.25) is 0 Å². The molecule has 0 aliphatic rings. The molecule has 0 spiro atoms. The number of ether oxygens (including phenoxy) is 1. The normalized spacial score (nSPS) is 14.4. The zero-order chi connectivity index (χ0) is 16.4. The molecule has 0 aliphatic heterocycles. The van der Waals surface area contributed by atoms with E-state index in [0.717, 1.165) is 12.1 Å². The average molecular weight is 301 g/mol. The van der Waals surface area contributed by atoms with Crippen molar-refractivity contribution in [3.8, 4) is 0 Å². The highest BCUT2D eigenvalue weighted by molar-refractivity contribution is 6.04. The van der Waals surface area contributed by atoms with Gasteiger partial charge in [0.1, 0.15) is 17.2 Å². The Hall–Kier alpha value is -2.02. The van der Waals surface area contributed by atoms with Crippen LogP contribution in [-0.2, 0) is 20.7 Å². The second kappa shape index (κ2) is 5.77. The third-order valence-corrected chi connectivity index (χ3v) is 2.63. The Bertz CT molecular complexity index is 569. The molecule has 0 radical (unpaired) electrons. The maximum atomic E-state index is 13.6. The van der Waals surface area contributed by atoms with Gasteiger partial charge in [-0.1, -0.05) is 6.07 Å². The van der Waals surface area contributed by atoms with E-state index in [1.807, 2.05) is 0 Å². The summed E-state index contributed by atoms with van der Waals surface area (Å²) in [5.41, 5.74) is 2.01. The van der Waals surface area contributed by atoms with Gasteiger partial charge in [-0.2, -0.15) is 0 Å². The van der Waals surface area contributed by atoms with Crippen molar-refractivity contribution >= 4 is 11.9 Å². The van der Waals surface area contributed by atoms with Crippen LogP contribution >= 0.6 is 0 Å². The van der Waals surface area contributed by atoms with Gasteiger partial charge in [-0.25, -0.2) is 18.4 Å². The first kappa shape index (κ1) is 17.0. The van der Waals surface area contributed by atoms with E-state index in [9.17, 15) is 23.5 Å². The molecule has 0 fully saturated rings. The topological polar surface area (TPSA) is 89.6 Å². The molecule has 0 heterocycles. The molecule has 21 heavy (non-hydrogen) atoms. The SMILES string of the molecule is CC(C)(C)OC(=O)[C@@](N)(Cc1ccc(F)cc1F)C(=O)O. The molecule has 0 aromatic heterocycles. The fourth-order valence-corrected chi connectivity index (χ4v) is 1.57. The molecule has 0 saturated heterocycles. The Labute approximate surface area is 120 Å². The monoisotopic (exact) mass is 301 g/mol. The molecule has 0 unspecified atom stereocenters. The summed E-state index contributed by atoms with van der Waals surface area (Å²) in [7, 11) is 0. The minimum absolute atomic E-state index is 0.188. The number of hydrogen-bond acceptors (Lipinski definition) is 4. The van der Waals surface area contributed by atoms with Crippen LogP contribution < -0.4 is 5.73 Å². The van der Waals surface area contributed by atoms with Gasteiger partial charge in [0.15, 0.2) is 0 Å². The molecule has 1 aromatic rings. The summed E-state index contributed by atoms with van der Waals surface area (Å²) in [6.45, 7) is 4.64.